The normalized spacial score (nSPS) is 10.7. The summed E-state index contributed by atoms with van der Waals surface area (Å²) < 4.78 is 1.82. The van der Waals surface area contributed by atoms with E-state index in [1.165, 1.54) is 0 Å². The second kappa shape index (κ2) is 8.48. The molecule has 0 atom stereocenters. The zero-order chi connectivity index (χ0) is 20.1. The van der Waals surface area contributed by atoms with Crippen LogP contribution >= 0.6 is 0 Å². The highest BCUT2D eigenvalue weighted by atomic mass is 16.1. The number of carbonyl (C=O) groups excluding carboxylic acids is 1. The molecule has 0 aliphatic carbocycles. The second-order valence-electron chi connectivity index (χ2n) is 6.75. The first kappa shape index (κ1) is 18.6. The van der Waals surface area contributed by atoms with Gasteiger partial charge in [0.05, 0.1) is 0 Å². The number of amides is 1. The van der Waals surface area contributed by atoms with Crippen LogP contribution in [0.25, 0.3) is 22.5 Å². The lowest BCUT2D eigenvalue weighted by Gasteiger charge is -2.05. The molecule has 4 aromatic rings. The maximum Gasteiger partial charge on any atom is 0.267 e. The van der Waals surface area contributed by atoms with Gasteiger partial charge in [0.25, 0.3) is 5.91 Å². The SMILES string of the molecule is Cn1cc(-c2cnc(-c3ccccc3)nc2)cc1C(=O)NCCc1ccncc1. The maximum absolute atomic E-state index is 12.6. The smallest absolute Gasteiger partial charge is 0.267 e. The highest BCUT2D eigenvalue weighted by Crippen LogP contribution is 2.22. The van der Waals surface area contributed by atoms with Gasteiger partial charge in [0, 0.05) is 61.3 Å². The van der Waals surface area contributed by atoms with Crippen molar-refractivity contribution in [2.75, 3.05) is 6.54 Å². The fraction of sp³-hybridized carbons (Fsp3) is 0.130. The number of benzene rings is 1. The topological polar surface area (TPSA) is 72.7 Å². The summed E-state index contributed by atoms with van der Waals surface area (Å²) in [6.45, 7) is 0.568. The molecule has 29 heavy (non-hydrogen) atoms. The zero-order valence-corrected chi connectivity index (χ0v) is 16.1. The van der Waals surface area contributed by atoms with E-state index < -0.39 is 0 Å². The molecule has 3 heterocycles. The molecule has 0 aliphatic rings. The second-order valence-corrected chi connectivity index (χ2v) is 6.75. The molecular weight excluding hydrogens is 362 g/mol. The minimum atomic E-state index is -0.102. The van der Waals surface area contributed by atoms with Crippen LogP contribution < -0.4 is 5.32 Å². The summed E-state index contributed by atoms with van der Waals surface area (Å²) in [6.07, 6.45) is 9.77. The molecule has 1 amide bonds. The van der Waals surface area contributed by atoms with E-state index in [1.807, 2.05) is 66.3 Å². The molecule has 0 saturated heterocycles. The Hall–Kier alpha value is -3.80. The molecule has 0 fully saturated rings. The van der Waals surface area contributed by atoms with E-state index in [-0.39, 0.29) is 5.91 Å². The first-order chi connectivity index (χ1) is 14.2. The van der Waals surface area contributed by atoms with Crippen LogP contribution in [0, 0.1) is 0 Å². The largest absolute Gasteiger partial charge is 0.350 e. The Morgan fingerprint density at radius 2 is 1.69 bits per heavy atom. The van der Waals surface area contributed by atoms with Crippen molar-refractivity contribution in [2.24, 2.45) is 7.05 Å². The highest BCUT2D eigenvalue weighted by molar-refractivity contribution is 5.94. The van der Waals surface area contributed by atoms with Gasteiger partial charge >= 0.3 is 0 Å². The van der Waals surface area contributed by atoms with Crippen LogP contribution in [0.1, 0.15) is 16.1 Å². The van der Waals surface area contributed by atoms with Crippen LogP contribution in [0.15, 0.2) is 79.5 Å². The Morgan fingerprint density at radius 1 is 0.966 bits per heavy atom. The Bertz CT molecular complexity index is 1090. The van der Waals surface area contributed by atoms with E-state index >= 15 is 0 Å². The molecule has 0 unspecified atom stereocenters. The number of rotatable bonds is 6. The van der Waals surface area contributed by atoms with Crippen LogP contribution in [-0.2, 0) is 13.5 Å². The third-order valence-electron chi connectivity index (χ3n) is 4.70. The lowest BCUT2D eigenvalue weighted by atomic mass is 10.1. The molecule has 3 aromatic heterocycles. The van der Waals surface area contributed by atoms with Crippen LogP contribution in [0.4, 0.5) is 0 Å². The third kappa shape index (κ3) is 4.38. The van der Waals surface area contributed by atoms with Gasteiger partial charge in [-0.15, -0.1) is 0 Å². The van der Waals surface area contributed by atoms with Gasteiger partial charge in [-0.3, -0.25) is 9.78 Å². The minimum absolute atomic E-state index is 0.102. The average Bonchev–Trinajstić information content (AvgIpc) is 3.17. The predicted molar refractivity (Wildman–Crippen MR) is 112 cm³/mol. The number of nitrogens with one attached hydrogen (secondary N) is 1. The van der Waals surface area contributed by atoms with Crippen molar-refractivity contribution in [3.63, 3.8) is 0 Å². The maximum atomic E-state index is 12.6. The molecule has 0 spiro atoms. The number of nitrogens with zero attached hydrogens (tertiary/aromatic N) is 4. The number of pyridine rings is 1. The van der Waals surface area contributed by atoms with Crippen molar-refractivity contribution in [2.45, 2.75) is 6.42 Å². The van der Waals surface area contributed by atoms with Crippen LogP contribution in [0.3, 0.4) is 0 Å². The Labute approximate surface area is 169 Å². The van der Waals surface area contributed by atoms with Crippen LogP contribution in [0.2, 0.25) is 0 Å². The van der Waals surface area contributed by atoms with E-state index in [0.717, 1.165) is 28.7 Å². The number of hydrogen-bond acceptors (Lipinski definition) is 4. The minimum Gasteiger partial charge on any atom is -0.350 e. The number of aryl methyl sites for hydroxylation is 1. The average molecular weight is 383 g/mol. The summed E-state index contributed by atoms with van der Waals surface area (Å²) in [5.74, 6) is 0.578. The van der Waals surface area contributed by atoms with Gasteiger partial charge in [-0.1, -0.05) is 30.3 Å². The molecule has 0 radical (unpaired) electrons. The molecule has 0 bridgehead atoms. The predicted octanol–water partition coefficient (Wildman–Crippen LogP) is 3.52. The van der Waals surface area contributed by atoms with Crippen molar-refractivity contribution >= 4 is 5.91 Å². The molecule has 6 nitrogen and oxygen atoms in total. The highest BCUT2D eigenvalue weighted by Gasteiger charge is 2.13. The third-order valence-corrected chi connectivity index (χ3v) is 4.70. The summed E-state index contributed by atoms with van der Waals surface area (Å²) in [5, 5.41) is 2.97. The molecular formula is C23H21N5O. The Kier molecular flexibility index (Phi) is 5.42. The van der Waals surface area contributed by atoms with Gasteiger partial charge in [0.15, 0.2) is 5.82 Å². The molecule has 144 valence electrons. The van der Waals surface area contributed by atoms with Crippen molar-refractivity contribution in [1.82, 2.24) is 24.8 Å². The van der Waals surface area contributed by atoms with Crippen molar-refractivity contribution < 1.29 is 4.79 Å². The number of hydrogen-bond donors (Lipinski definition) is 1. The van der Waals surface area contributed by atoms with E-state index in [4.69, 9.17) is 0 Å². The summed E-state index contributed by atoms with van der Waals surface area (Å²) >= 11 is 0. The standard InChI is InChI=1S/C23H21N5O/c1-28-16-19(20-14-26-22(27-15-20)18-5-3-2-4-6-18)13-21(28)23(29)25-12-9-17-7-10-24-11-8-17/h2-8,10-11,13-16H,9,12H2,1H3,(H,25,29). The molecule has 4 rings (SSSR count). The Balaban J connectivity index is 1.44. The van der Waals surface area contributed by atoms with Gasteiger partial charge in [-0.25, -0.2) is 9.97 Å². The van der Waals surface area contributed by atoms with Gasteiger partial charge in [-0.05, 0) is 30.2 Å². The first-order valence-corrected chi connectivity index (χ1v) is 9.42. The van der Waals surface area contributed by atoms with E-state index in [9.17, 15) is 4.79 Å². The summed E-state index contributed by atoms with van der Waals surface area (Å²) in [5.41, 5.74) is 4.49. The fourth-order valence-corrected chi connectivity index (χ4v) is 3.12. The van der Waals surface area contributed by atoms with Crippen molar-refractivity contribution in [1.29, 1.82) is 0 Å². The molecule has 6 heteroatoms. The van der Waals surface area contributed by atoms with Crippen LogP contribution in [0.5, 0.6) is 0 Å². The monoisotopic (exact) mass is 383 g/mol. The fourth-order valence-electron chi connectivity index (χ4n) is 3.12. The number of carbonyl (C=O) groups is 1. The van der Waals surface area contributed by atoms with E-state index in [1.54, 1.807) is 24.8 Å². The van der Waals surface area contributed by atoms with Gasteiger partial charge in [0.2, 0.25) is 0 Å². The molecule has 1 aromatic carbocycles. The molecule has 0 saturated carbocycles. The lowest BCUT2D eigenvalue weighted by Crippen LogP contribution is -2.27. The molecule has 0 aliphatic heterocycles. The van der Waals surface area contributed by atoms with Crippen molar-refractivity contribution in [3.05, 3.63) is 90.8 Å². The first-order valence-electron chi connectivity index (χ1n) is 9.42. The van der Waals surface area contributed by atoms with Gasteiger partial charge in [-0.2, -0.15) is 0 Å². The zero-order valence-electron chi connectivity index (χ0n) is 16.1. The summed E-state index contributed by atoms with van der Waals surface area (Å²) in [4.78, 5) is 25.5. The van der Waals surface area contributed by atoms with Gasteiger partial charge in [0.1, 0.15) is 5.69 Å². The molecule has 1 N–H and O–H groups in total. The number of aromatic nitrogens is 4. The Morgan fingerprint density at radius 3 is 2.41 bits per heavy atom. The lowest BCUT2D eigenvalue weighted by molar-refractivity contribution is 0.0946. The van der Waals surface area contributed by atoms with Crippen LogP contribution in [-0.4, -0.2) is 32.0 Å². The van der Waals surface area contributed by atoms with Gasteiger partial charge < -0.3 is 9.88 Å². The van der Waals surface area contributed by atoms with E-state index in [2.05, 4.69) is 20.3 Å². The quantitative estimate of drug-likeness (QED) is 0.553. The van der Waals surface area contributed by atoms with E-state index in [0.29, 0.717) is 18.1 Å². The summed E-state index contributed by atoms with van der Waals surface area (Å²) in [6, 6.07) is 15.6. The summed E-state index contributed by atoms with van der Waals surface area (Å²) in [7, 11) is 1.86. The van der Waals surface area contributed by atoms with Crippen molar-refractivity contribution in [3.8, 4) is 22.5 Å².